The summed E-state index contributed by atoms with van der Waals surface area (Å²) in [5.41, 5.74) is 0.700. The van der Waals surface area contributed by atoms with Gasteiger partial charge < -0.3 is 9.64 Å². The molecule has 1 aliphatic carbocycles. The van der Waals surface area contributed by atoms with Crippen molar-refractivity contribution < 1.29 is 19.1 Å². The lowest BCUT2D eigenvalue weighted by Crippen LogP contribution is -2.49. The number of imide groups is 1. The van der Waals surface area contributed by atoms with E-state index in [1.54, 1.807) is 24.0 Å². The van der Waals surface area contributed by atoms with Crippen LogP contribution in [0.1, 0.15) is 37.8 Å². The van der Waals surface area contributed by atoms with Crippen LogP contribution in [0.25, 0.3) is 5.69 Å². The van der Waals surface area contributed by atoms with Crippen molar-refractivity contribution in [2.24, 2.45) is 0 Å². The maximum absolute atomic E-state index is 12.9. The van der Waals surface area contributed by atoms with Gasteiger partial charge in [0.05, 0.1) is 5.69 Å². The van der Waals surface area contributed by atoms with Crippen LogP contribution in [-0.4, -0.2) is 56.6 Å². The summed E-state index contributed by atoms with van der Waals surface area (Å²) in [4.78, 5) is 40.3. The van der Waals surface area contributed by atoms with Crippen LogP contribution in [0.4, 0.5) is 4.79 Å². The average Bonchev–Trinajstić information content (AvgIpc) is 3.29. The summed E-state index contributed by atoms with van der Waals surface area (Å²) in [7, 11) is 1.65. The number of nitrogens with zero attached hydrogens (tertiary/aromatic N) is 4. The number of carbonyl (C=O) groups is 3. The van der Waals surface area contributed by atoms with Gasteiger partial charge in [-0.2, -0.15) is 5.10 Å². The molecule has 1 saturated carbocycles. The van der Waals surface area contributed by atoms with Crippen LogP contribution < -0.4 is 0 Å². The minimum Gasteiger partial charge on any atom is -0.458 e. The van der Waals surface area contributed by atoms with Crippen LogP contribution in [0.2, 0.25) is 0 Å². The number of benzene rings is 1. The molecule has 1 aliphatic heterocycles. The molecule has 2 aliphatic rings. The second-order valence-electron chi connectivity index (χ2n) is 7.57. The van der Waals surface area contributed by atoms with Crippen LogP contribution in [0.15, 0.2) is 42.6 Å². The van der Waals surface area contributed by atoms with Gasteiger partial charge in [-0.25, -0.2) is 9.48 Å². The van der Waals surface area contributed by atoms with Crippen molar-refractivity contribution in [2.45, 2.75) is 44.2 Å². The average molecular weight is 396 g/mol. The molecule has 0 radical (unpaired) electrons. The van der Waals surface area contributed by atoms with Gasteiger partial charge in [-0.1, -0.05) is 37.5 Å². The maximum Gasteiger partial charge on any atom is 0.327 e. The van der Waals surface area contributed by atoms with E-state index in [1.165, 1.54) is 4.90 Å². The second kappa shape index (κ2) is 7.69. The van der Waals surface area contributed by atoms with Crippen molar-refractivity contribution in [3.63, 3.8) is 0 Å². The quantitative estimate of drug-likeness (QED) is 0.573. The van der Waals surface area contributed by atoms with Gasteiger partial charge >= 0.3 is 12.0 Å². The number of ether oxygens (including phenoxy) is 1. The second-order valence-corrected chi connectivity index (χ2v) is 7.57. The Hall–Kier alpha value is -3.16. The smallest absolute Gasteiger partial charge is 0.327 e. The van der Waals surface area contributed by atoms with Crippen molar-refractivity contribution in [2.75, 3.05) is 13.6 Å². The molecule has 8 nitrogen and oxygen atoms in total. The van der Waals surface area contributed by atoms with Crippen molar-refractivity contribution >= 4 is 17.9 Å². The molecule has 1 spiro atoms. The van der Waals surface area contributed by atoms with E-state index in [-0.39, 0.29) is 19.1 Å². The van der Waals surface area contributed by atoms with Gasteiger partial charge in [-0.15, -0.1) is 0 Å². The fraction of sp³-hybridized carbons (Fsp3) is 0.429. The highest BCUT2D eigenvalue weighted by molar-refractivity contribution is 6.08. The van der Waals surface area contributed by atoms with Gasteiger partial charge in [0.2, 0.25) is 0 Å². The number of carbonyl (C=O) groups excluding carboxylic acids is 3. The molecule has 0 N–H and O–H groups in total. The Bertz CT molecular complexity index is 918. The third kappa shape index (κ3) is 3.50. The summed E-state index contributed by atoms with van der Waals surface area (Å²) in [6, 6.07) is 10.9. The predicted octanol–water partition coefficient (Wildman–Crippen LogP) is 2.51. The third-order valence-corrected chi connectivity index (χ3v) is 5.82. The van der Waals surface area contributed by atoms with Crippen LogP contribution in [-0.2, 0) is 20.9 Å². The number of likely N-dealkylation sites (N-methyl/N-ethyl adjacent to an activating group) is 1. The molecule has 1 aromatic carbocycles. The monoisotopic (exact) mass is 396 g/mol. The highest BCUT2D eigenvalue weighted by Crippen LogP contribution is 2.39. The Balaban J connectivity index is 1.36. The largest absolute Gasteiger partial charge is 0.458 e. The van der Waals surface area contributed by atoms with Gasteiger partial charge in [0.15, 0.2) is 0 Å². The number of rotatable bonds is 5. The summed E-state index contributed by atoms with van der Waals surface area (Å²) >= 11 is 0. The molecule has 2 fully saturated rings. The van der Waals surface area contributed by atoms with E-state index >= 15 is 0 Å². The number of amides is 3. The van der Waals surface area contributed by atoms with Gasteiger partial charge in [-0.3, -0.25) is 14.5 Å². The zero-order valence-corrected chi connectivity index (χ0v) is 16.4. The Kier molecular flexibility index (Phi) is 5.08. The predicted molar refractivity (Wildman–Crippen MR) is 104 cm³/mol. The normalized spacial score (nSPS) is 18.5. The van der Waals surface area contributed by atoms with Crippen LogP contribution in [0.5, 0.6) is 0 Å². The molecule has 2 aromatic rings. The Morgan fingerprint density at radius 1 is 1.10 bits per heavy atom. The Morgan fingerprint density at radius 3 is 2.55 bits per heavy atom. The zero-order valence-electron chi connectivity index (χ0n) is 16.4. The molecular weight excluding hydrogens is 372 g/mol. The molecule has 152 valence electrons. The summed E-state index contributed by atoms with van der Waals surface area (Å²) < 4.78 is 6.96. The number of aromatic nitrogens is 2. The summed E-state index contributed by atoms with van der Waals surface area (Å²) in [5.74, 6) is -0.905. The van der Waals surface area contributed by atoms with Crippen LogP contribution >= 0.6 is 0 Å². The van der Waals surface area contributed by atoms with Gasteiger partial charge in [0.25, 0.3) is 5.91 Å². The SMILES string of the molecule is CN1C(=O)N(CC(=O)OCc2ccn(-c3ccccc3)n2)C(=O)C12CCCCC2. The molecule has 0 unspecified atom stereocenters. The van der Waals surface area contributed by atoms with Gasteiger partial charge in [0, 0.05) is 13.2 Å². The fourth-order valence-electron chi connectivity index (χ4n) is 4.16. The number of para-hydroxylation sites is 1. The van der Waals surface area contributed by atoms with E-state index in [9.17, 15) is 14.4 Å². The summed E-state index contributed by atoms with van der Waals surface area (Å²) in [6.45, 7) is -0.390. The number of hydrogen-bond acceptors (Lipinski definition) is 5. The number of hydrogen-bond donors (Lipinski definition) is 0. The number of urea groups is 1. The lowest BCUT2D eigenvalue weighted by atomic mass is 9.81. The first-order chi connectivity index (χ1) is 14.0. The van der Waals surface area contributed by atoms with E-state index < -0.39 is 17.5 Å². The Labute approximate surface area is 169 Å². The van der Waals surface area contributed by atoms with E-state index in [2.05, 4.69) is 5.10 Å². The fourth-order valence-corrected chi connectivity index (χ4v) is 4.16. The molecule has 8 heteroatoms. The maximum atomic E-state index is 12.9. The van der Waals surface area contributed by atoms with Crippen molar-refractivity contribution in [3.8, 4) is 5.69 Å². The summed E-state index contributed by atoms with van der Waals surface area (Å²) in [5, 5.41) is 4.38. The van der Waals surface area contributed by atoms with Crippen molar-refractivity contribution in [1.29, 1.82) is 0 Å². The molecular formula is C21H24N4O4. The van der Waals surface area contributed by atoms with E-state index in [1.807, 2.05) is 30.3 Å². The lowest BCUT2D eigenvalue weighted by Gasteiger charge is -2.35. The first-order valence-corrected chi connectivity index (χ1v) is 9.87. The zero-order chi connectivity index (χ0) is 20.4. The molecule has 4 rings (SSSR count). The standard InChI is InChI=1S/C21H24N4O4/c1-23-20(28)24(19(27)21(23)11-6-3-7-12-21)14-18(26)29-15-16-10-13-25(22-16)17-8-4-2-5-9-17/h2,4-5,8-10,13H,3,6-7,11-12,14-15H2,1H3. The van der Waals surface area contributed by atoms with Crippen LogP contribution in [0, 0.1) is 0 Å². The minimum absolute atomic E-state index is 0.0180. The highest BCUT2D eigenvalue weighted by atomic mass is 16.5. The highest BCUT2D eigenvalue weighted by Gasteiger charge is 2.55. The molecule has 2 heterocycles. The number of esters is 1. The van der Waals surface area contributed by atoms with E-state index in [0.717, 1.165) is 29.8 Å². The first-order valence-electron chi connectivity index (χ1n) is 9.87. The topological polar surface area (TPSA) is 84.7 Å². The molecule has 29 heavy (non-hydrogen) atoms. The minimum atomic E-state index is -0.788. The molecule has 1 aromatic heterocycles. The van der Waals surface area contributed by atoms with Gasteiger partial charge in [0.1, 0.15) is 24.4 Å². The molecule has 3 amide bonds. The summed E-state index contributed by atoms with van der Waals surface area (Å²) in [6.07, 6.45) is 5.97. The first kappa shape index (κ1) is 19.2. The Morgan fingerprint density at radius 2 is 1.83 bits per heavy atom. The lowest BCUT2D eigenvalue weighted by molar-refractivity contribution is -0.149. The van der Waals surface area contributed by atoms with Crippen LogP contribution in [0.3, 0.4) is 0 Å². The molecule has 0 bridgehead atoms. The van der Waals surface area contributed by atoms with Crippen molar-refractivity contribution in [1.82, 2.24) is 19.6 Å². The third-order valence-electron chi connectivity index (χ3n) is 5.82. The molecule has 1 saturated heterocycles. The van der Waals surface area contributed by atoms with E-state index in [4.69, 9.17) is 4.74 Å². The van der Waals surface area contributed by atoms with Gasteiger partial charge in [-0.05, 0) is 31.0 Å². The molecule has 0 atom stereocenters. The van der Waals surface area contributed by atoms with Crippen molar-refractivity contribution in [3.05, 3.63) is 48.3 Å². The van der Waals surface area contributed by atoms with E-state index in [0.29, 0.717) is 18.5 Å².